The lowest BCUT2D eigenvalue weighted by Crippen LogP contribution is -2.48. The van der Waals surface area contributed by atoms with Crippen LogP contribution in [0.1, 0.15) is 52.4 Å². The van der Waals surface area contributed by atoms with Crippen molar-refractivity contribution < 1.29 is 9.90 Å². The standard InChI is InChI=1S/C20H27NO2/c1-19-6-5-16-15(17(19)8-14(23)10-19)4-3-13-7-18(21)12(11-22)9-20(13,16)2/h3,9,11,14-17,21,23H,4-8,10H2,1-2H3/t14?,15-,16-,17+,19-,20+/m1/s1. The predicted molar refractivity (Wildman–Crippen MR) is 90.3 cm³/mol. The minimum Gasteiger partial charge on any atom is -0.393 e. The quantitative estimate of drug-likeness (QED) is 0.573. The first-order valence-electron chi connectivity index (χ1n) is 9.01. The average Bonchev–Trinajstić information content (AvgIpc) is 2.81. The summed E-state index contributed by atoms with van der Waals surface area (Å²) < 4.78 is 0. The van der Waals surface area contributed by atoms with Gasteiger partial charge in [0.1, 0.15) is 0 Å². The van der Waals surface area contributed by atoms with Gasteiger partial charge in [-0.15, -0.1) is 0 Å². The molecule has 0 amide bonds. The second kappa shape index (κ2) is 4.89. The summed E-state index contributed by atoms with van der Waals surface area (Å²) in [6.07, 6.45) is 11.1. The van der Waals surface area contributed by atoms with Crippen molar-refractivity contribution in [2.24, 2.45) is 28.6 Å². The van der Waals surface area contributed by atoms with Crippen LogP contribution in [-0.4, -0.2) is 23.2 Å². The van der Waals surface area contributed by atoms with Crippen molar-refractivity contribution in [3.8, 4) is 0 Å². The fourth-order valence-electron chi connectivity index (χ4n) is 6.39. The van der Waals surface area contributed by atoms with Gasteiger partial charge in [-0.1, -0.05) is 31.6 Å². The van der Waals surface area contributed by atoms with Crippen LogP contribution in [0.3, 0.4) is 0 Å². The maximum Gasteiger partial charge on any atom is 0.151 e. The van der Waals surface area contributed by atoms with E-state index in [-0.39, 0.29) is 11.5 Å². The lowest BCUT2D eigenvalue weighted by atomic mass is 9.49. The molecule has 0 heterocycles. The van der Waals surface area contributed by atoms with Crippen LogP contribution in [0.2, 0.25) is 0 Å². The van der Waals surface area contributed by atoms with Crippen LogP contribution in [0, 0.1) is 34.0 Å². The van der Waals surface area contributed by atoms with E-state index in [0.29, 0.717) is 40.9 Å². The SMILES string of the molecule is C[C@]12CC[C@@H]3[C@@H](CC=C4CC(=N)C(C=O)=C[C@@]43C)[C@@H]1CC(O)C2. The summed E-state index contributed by atoms with van der Waals surface area (Å²) in [5.74, 6) is 1.75. The molecule has 0 spiro atoms. The third-order valence-electron chi connectivity index (χ3n) is 7.58. The van der Waals surface area contributed by atoms with Crippen LogP contribution in [-0.2, 0) is 4.79 Å². The zero-order valence-electron chi connectivity index (χ0n) is 14.1. The summed E-state index contributed by atoms with van der Waals surface area (Å²) in [6.45, 7) is 4.65. The van der Waals surface area contributed by atoms with Crippen LogP contribution in [0.5, 0.6) is 0 Å². The monoisotopic (exact) mass is 313 g/mol. The zero-order chi connectivity index (χ0) is 16.4. The summed E-state index contributed by atoms with van der Waals surface area (Å²) in [5.41, 5.74) is 2.63. The highest BCUT2D eigenvalue weighted by Crippen LogP contribution is 2.63. The molecule has 4 rings (SSSR count). The second-order valence-corrected chi connectivity index (χ2v) is 8.78. The second-order valence-electron chi connectivity index (χ2n) is 8.78. The van der Waals surface area contributed by atoms with Crippen molar-refractivity contribution in [3.63, 3.8) is 0 Å². The van der Waals surface area contributed by atoms with E-state index in [9.17, 15) is 9.90 Å². The highest BCUT2D eigenvalue weighted by molar-refractivity contribution is 6.15. The normalized spacial score (nSPS) is 48.7. The van der Waals surface area contributed by atoms with Crippen molar-refractivity contribution in [1.29, 1.82) is 5.41 Å². The van der Waals surface area contributed by atoms with E-state index in [1.165, 1.54) is 18.4 Å². The lowest BCUT2D eigenvalue weighted by molar-refractivity contribution is -0.104. The van der Waals surface area contributed by atoms with Gasteiger partial charge in [0.2, 0.25) is 0 Å². The number of hydrogen-bond acceptors (Lipinski definition) is 3. The van der Waals surface area contributed by atoms with Crippen LogP contribution in [0.25, 0.3) is 0 Å². The topological polar surface area (TPSA) is 61.2 Å². The molecule has 3 heteroatoms. The third kappa shape index (κ3) is 2.05. The number of carbonyl (C=O) groups is 1. The molecule has 0 aromatic rings. The van der Waals surface area contributed by atoms with Crippen molar-refractivity contribution in [2.75, 3.05) is 0 Å². The number of aliphatic hydroxyl groups excluding tert-OH is 1. The summed E-state index contributed by atoms with van der Waals surface area (Å²) in [4.78, 5) is 11.4. The molecule has 124 valence electrons. The van der Waals surface area contributed by atoms with Gasteiger partial charge < -0.3 is 10.5 Å². The Kier molecular flexibility index (Phi) is 3.26. The van der Waals surface area contributed by atoms with Crippen molar-refractivity contribution >= 4 is 12.0 Å². The maximum atomic E-state index is 11.4. The van der Waals surface area contributed by atoms with Crippen LogP contribution < -0.4 is 0 Å². The van der Waals surface area contributed by atoms with Crippen LogP contribution >= 0.6 is 0 Å². The minimum atomic E-state index is -0.137. The molecule has 1 unspecified atom stereocenters. The first-order valence-corrected chi connectivity index (χ1v) is 9.01. The highest BCUT2D eigenvalue weighted by atomic mass is 16.3. The fourth-order valence-corrected chi connectivity index (χ4v) is 6.39. The van der Waals surface area contributed by atoms with Gasteiger partial charge in [0.25, 0.3) is 0 Å². The Morgan fingerprint density at radius 1 is 1.35 bits per heavy atom. The number of rotatable bonds is 1. The van der Waals surface area contributed by atoms with E-state index in [4.69, 9.17) is 5.41 Å². The van der Waals surface area contributed by atoms with E-state index in [1.807, 2.05) is 0 Å². The summed E-state index contributed by atoms with van der Waals surface area (Å²) in [7, 11) is 0. The minimum absolute atomic E-state index is 0.0709. The van der Waals surface area contributed by atoms with Gasteiger partial charge >= 0.3 is 0 Å². The molecule has 0 radical (unpaired) electrons. The molecule has 0 bridgehead atoms. The van der Waals surface area contributed by atoms with E-state index in [0.717, 1.165) is 25.5 Å². The smallest absolute Gasteiger partial charge is 0.151 e. The van der Waals surface area contributed by atoms with Crippen LogP contribution in [0.4, 0.5) is 0 Å². The van der Waals surface area contributed by atoms with Gasteiger partial charge in [0.15, 0.2) is 6.29 Å². The largest absolute Gasteiger partial charge is 0.393 e. The Bertz CT molecular complexity index is 634. The summed E-state index contributed by atoms with van der Waals surface area (Å²) in [6, 6.07) is 0. The Morgan fingerprint density at radius 2 is 2.13 bits per heavy atom. The number of hydrogen-bond donors (Lipinski definition) is 2. The molecule has 0 aliphatic heterocycles. The number of fused-ring (bicyclic) bond motifs is 5. The molecule has 2 saturated carbocycles. The number of aliphatic hydroxyl groups is 1. The van der Waals surface area contributed by atoms with Gasteiger partial charge in [-0.05, 0) is 55.3 Å². The Labute approximate surface area is 138 Å². The van der Waals surface area contributed by atoms with Crippen molar-refractivity contribution in [1.82, 2.24) is 0 Å². The van der Waals surface area contributed by atoms with Gasteiger partial charge in [-0.25, -0.2) is 0 Å². The highest BCUT2D eigenvalue weighted by Gasteiger charge is 2.56. The molecule has 0 aromatic carbocycles. The molecule has 0 aromatic heterocycles. The van der Waals surface area contributed by atoms with Crippen molar-refractivity contribution in [2.45, 2.75) is 58.5 Å². The average molecular weight is 313 g/mol. The van der Waals surface area contributed by atoms with E-state index < -0.39 is 0 Å². The van der Waals surface area contributed by atoms with Crippen molar-refractivity contribution in [3.05, 3.63) is 23.3 Å². The molecule has 4 aliphatic rings. The lowest BCUT2D eigenvalue weighted by Gasteiger charge is -2.55. The maximum absolute atomic E-state index is 11.4. The number of aldehydes is 1. The molecule has 0 saturated heterocycles. The number of nitrogens with one attached hydrogen (secondary N) is 1. The number of allylic oxidation sites excluding steroid dienone is 4. The van der Waals surface area contributed by atoms with Gasteiger partial charge in [0.05, 0.1) is 6.10 Å². The molecule has 2 N–H and O–H groups in total. The molecule has 2 fully saturated rings. The Morgan fingerprint density at radius 3 is 2.87 bits per heavy atom. The van der Waals surface area contributed by atoms with Crippen LogP contribution in [0.15, 0.2) is 23.3 Å². The summed E-state index contributed by atoms with van der Waals surface area (Å²) >= 11 is 0. The fraction of sp³-hybridized carbons (Fsp3) is 0.700. The van der Waals surface area contributed by atoms with E-state index in [2.05, 4.69) is 26.0 Å². The third-order valence-corrected chi connectivity index (χ3v) is 7.58. The molecular formula is C20H27NO2. The first-order chi connectivity index (χ1) is 10.9. The van der Waals surface area contributed by atoms with Gasteiger partial charge in [-0.3, -0.25) is 4.79 Å². The first kappa shape index (κ1) is 15.3. The molecule has 23 heavy (non-hydrogen) atoms. The molecule has 4 aliphatic carbocycles. The van der Waals surface area contributed by atoms with Gasteiger partial charge in [-0.2, -0.15) is 0 Å². The molecular weight excluding hydrogens is 286 g/mol. The van der Waals surface area contributed by atoms with Gasteiger partial charge in [0, 0.05) is 23.1 Å². The number of carbonyl (C=O) groups excluding carboxylic acids is 1. The Balaban J connectivity index is 1.75. The van der Waals surface area contributed by atoms with E-state index in [1.54, 1.807) is 0 Å². The predicted octanol–water partition coefficient (Wildman–Crippen LogP) is 3.67. The molecule has 3 nitrogen and oxygen atoms in total. The van der Waals surface area contributed by atoms with E-state index >= 15 is 0 Å². The zero-order valence-corrected chi connectivity index (χ0v) is 14.1. The molecule has 6 atom stereocenters. The Hall–Kier alpha value is -1.22. The summed E-state index contributed by atoms with van der Waals surface area (Å²) in [5, 5.41) is 18.3.